The van der Waals surface area contributed by atoms with E-state index in [2.05, 4.69) is 16.0 Å². The molecular formula is C19H16F3N3O3S. The van der Waals surface area contributed by atoms with Crippen LogP contribution < -0.4 is 16.0 Å². The van der Waals surface area contributed by atoms with Gasteiger partial charge >= 0.3 is 6.18 Å². The third-order valence-corrected chi connectivity index (χ3v) is 5.24. The van der Waals surface area contributed by atoms with Gasteiger partial charge < -0.3 is 16.0 Å². The Morgan fingerprint density at radius 3 is 2.45 bits per heavy atom. The first-order chi connectivity index (χ1) is 13.6. The van der Waals surface area contributed by atoms with Crippen LogP contribution in [-0.4, -0.2) is 23.0 Å². The molecule has 10 heteroatoms. The van der Waals surface area contributed by atoms with E-state index in [0.717, 1.165) is 23.9 Å². The van der Waals surface area contributed by atoms with Crippen LogP contribution in [0.2, 0.25) is 0 Å². The summed E-state index contributed by atoms with van der Waals surface area (Å²) in [4.78, 5) is 36.1. The summed E-state index contributed by atoms with van der Waals surface area (Å²) >= 11 is 1.04. The Morgan fingerprint density at radius 2 is 1.79 bits per heavy atom. The predicted octanol–water partition coefficient (Wildman–Crippen LogP) is 4.11. The molecule has 3 N–H and O–H groups in total. The van der Waals surface area contributed by atoms with Gasteiger partial charge in [-0.05, 0) is 36.4 Å². The summed E-state index contributed by atoms with van der Waals surface area (Å²) in [5.41, 5.74) is 0.175. The minimum absolute atomic E-state index is 0.0782. The second kappa shape index (κ2) is 8.16. The fraction of sp³-hybridized carbons (Fsp3) is 0.211. The highest BCUT2D eigenvalue weighted by Gasteiger charge is 2.34. The van der Waals surface area contributed by atoms with Crippen molar-refractivity contribution in [3.63, 3.8) is 0 Å². The normalized spacial score (nSPS) is 15.9. The lowest BCUT2D eigenvalue weighted by Crippen LogP contribution is -2.32. The average molecular weight is 423 g/mol. The molecule has 0 saturated heterocycles. The first-order valence-corrected chi connectivity index (χ1v) is 9.36. The van der Waals surface area contributed by atoms with E-state index >= 15 is 0 Å². The zero-order valence-electron chi connectivity index (χ0n) is 15.1. The lowest BCUT2D eigenvalue weighted by atomic mass is 10.1. The van der Waals surface area contributed by atoms with Gasteiger partial charge in [-0.1, -0.05) is 6.07 Å². The molecule has 1 aliphatic rings. The summed E-state index contributed by atoms with van der Waals surface area (Å²) < 4.78 is 38.4. The fourth-order valence-corrected chi connectivity index (χ4v) is 3.81. The van der Waals surface area contributed by atoms with E-state index in [1.165, 1.54) is 13.0 Å². The van der Waals surface area contributed by atoms with Crippen LogP contribution in [-0.2, 0) is 20.6 Å². The first kappa shape index (κ1) is 20.7. The fourth-order valence-electron chi connectivity index (χ4n) is 2.72. The summed E-state index contributed by atoms with van der Waals surface area (Å²) in [7, 11) is 0. The maximum Gasteiger partial charge on any atom is 0.416 e. The van der Waals surface area contributed by atoms with Crippen molar-refractivity contribution in [3.8, 4) is 0 Å². The van der Waals surface area contributed by atoms with E-state index in [1.54, 1.807) is 24.3 Å². The molecule has 152 valence electrons. The summed E-state index contributed by atoms with van der Waals surface area (Å²) in [6.07, 6.45) is -4.67. The second-order valence-corrected chi connectivity index (χ2v) is 7.56. The van der Waals surface area contributed by atoms with Crippen molar-refractivity contribution in [2.75, 3.05) is 16.0 Å². The molecule has 1 unspecified atom stereocenters. The predicted molar refractivity (Wildman–Crippen MR) is 104 cm³/mol. The topological polar surface area (TPSA) is 87.3 Å². The number of halogens is 3. The molecule has 0 radical (unpaired) electrons. The first-order valence-electron chi connectivity index (χ1n) is 8.48. The molecule has 1 aliphatic heterocycles. The van der Waals surface area contributed by atoms with Crippen molar-refractivity contribution in [1.29, 1.82) is 0 Å². The Hall–Kier alpha value is -3.01. The molecule has 1 heterocycles. The van der Waals surface area contributed by atoms with E-state index in [1.807, 2.05) is 0 Å². The molecule has 0 spiro atoms. The van der Waals surface area contributed by atoms with Gasteiger partial charge in [-0.25, -0.2) is 0 Å². The van der Waals surface area contributed by atoms with Crippen molar-refractivity contribution in [1.82, 2.24) is 0 Å². The number of carbonyl (C=O) groups excluding carboxylic acids is 3. The van der Waals surface area contributed by atoms with Crippen molar-refractivity contribution in [2.45, 2.75) is 29.7 Å². The highest BCUT2D eigenvalue weighted by Crippen LogP contribution is 2.40. The number of rotatable bonds is 4. The molecular weight excluding hydrogens is 407 g/mol. The molecule has 3 rings (SSSR count). The summed E-state index contributed by atoms with van der Waals surface area (Å²) in [6, 6.07) is 9.61. The second-order valence-electron chi connectivity index (χ2n) is 6.32. The van der Waals surface area contributed by atoms with Crippen LogP contribution in [0.25, 0.3) is 0 Å². The van der Waals surface area contributed by atoms with Crippen LogP contribution in [0.5, 0.6) is 0 Å². The van der Waals surface area contributed by atoms with Crippen molar-refractivity contribution in [3.05, 3.63) is 48.0 Å². The molecule has 2 aromatic carbocycles. The summed E-state index contributed by atoms with van der Waals surface area (Å²) in [5, 5.41) is 6.89. The lowest BCUT2D eigenvalue weighted by molar-refractivity contribution is -0.137. The number of hydrogen-bond donors (Lipinski definition) is 3. The smallest absolute Gasteiger partial charge is 0.326 e. The number of hydrogen-bond acceptors (Lipinski definition) is 4. The van der Waals surface area contributed by atoms with Gasteiger partial charge in [0.25, 0.3) is 0 Å². The number of amides is 3. The molecule has 3 amide bonds. The van der Waals surface area contributed by atoms with Gasteiger partial charge in [0.2, 0.25) is 17.7 Å². The SMILES string of the molecule is CC(=O)Nc1cccc(NC(=O)CC2Sc3ccc(C(F)(F)F)cc3NC2=O)c1. The summed E-state index contributed by atoms with van der Waals surface area (Å²) in [6.45, 7) is 1.36. The van der Waals surface area contributed by atoms with Crippen LogP contribution in [0.15, 0.2) is 47.4 Å². The largest absolute Gasteiger partial charge is 0.416 e. The number of thioether (sulfide) groups is 1. The van der Waals surface area contributed by atoms with Crippen molar-refractivity contribution >= 4 is 46.5 Å². The number of nitrogens with one attached hydrogen (secondary N) is 3. The van der Waals surface area contributed by atoms with Gasteiger partial charge in [0.05, 0.1) is 16.5 Å². The monoisotopic (exact) mass is 423 g/mol. The molecule has 1 atom stereocenters. The Bertz CT molecular complexity index is 979. The van der Waals surface area contributed by atoms with Gasteiger partial charge in [0.1, 0.15) is 0 Å². The third kappa shape index (κ3) is 5.29. The van der Waals surface area contributed by atoms with Gasteiger partial charge in [-0.15, -0.1) is 11.8 Å². The number of benzene rings is 2. The van der Waals surface area contributed by atoms with Crippen molar-refractivity contribution in [2.24, 2.45) is 0 Å². The summed E-state index contributed by atoms with van der Waals surface area (Å²) in [5.74, 6) is -1.23. The Kier molecular flexibility index (Phi) is 5.83. The third-order valence-electron chi connectivity index (χ3n) is 3.96. The number of fused-ring (bicyclic) bond motifs is 1. The van der Waals surface area contributed by atoms with Gasteiger partial charge in [-0.3, -0.25) is 14.4 Å². The molecule has 0 aromatic heterocycles. The van der Waals surface area contributed by atoms with E-state index in [0.29, 0.717) is 16.3 Å². The van der Waals surface area contributed by atoms with Crippen LogP contribution in [0.4, 0.5) is 30.2 Å². The van der Waals surface area contributed by atoms with Gasteiger partial charge in [-0.2, -0.15) is 13.2 Å². The van der Waals surface area contributed by atoms with Crippen molar-refractivity contribution < 1.29 is 27.6 Å². The Balaban J connectivity index is 1.66. The maximum atomic E-state index is 12.8. The zero-order valence-corrected chi connectivity index (χ0v) is 15.9. The molecule has 0 saturated carbocycles. The Labute approximate surface area is 168 Å². The minimum Gasteiger partial charge on any atom is -0.326 e. The van der Waals surface area contributed by atoms with Crippen LogP contribution in [0.3, 0.4) is 0 Å². The van der Waals surface area contributed by atoms with E-state index in [-0.39, 0.29) is 18.0 Å². The lowest BCUT2D eigenvalue weighted by Gasteiger charge is -2.24. The molecule has 0 fully saturated rings. The number of anilines is 3. The number of alkyl halides is 3. The molecule has 29 heavy (non-hydrogen) atoms. The quantitative estimate of drug-likeness (QED) is 0.691. The van der Waals surface area contributed by atoms with Gasteiger partial charge in [0.15, 0.2) is 0 Å². The minimum atomic E-state index is -4.51. The molecule has 6 nitrogen and oxygen atoms in total. The Morgan fingerprint density at radius 1 is 1.10 bits per heavy atom. The van der Waals surface area contributed by atoms with Crippen LogP contribution >= 0.6 is 11.8 Å². The van der Waals surface area contributed by atoms with Crippen LogP contribution in [0, 0.1) is 0 Å². The zero-order chi connectivity index (χ0) is 21.2. The maximum absolute atomic E-state index is 12.8. The molecule has 0 aliphatic carbocycles. The highest BCUT2D eigenvalue weighted by molar-refractivity contribution is 8.01. The standard InChI is InChI=1S/C19H16F3N3O3S/c1-10(26)23-12-3-2-4-13(8-12)24-17(27)9-16-18(28)25-14-7-11(19(20,21)22)5-6-15(14)29-16/h2-8,16H,9H2,1H3,(H,23,26)(H,24,27)(H,25,28). The average Bonchev–Trinajstić information content (AvgIpc) is 2.60. The van der Waals surface area contributed by atoms with E-state index < -0.39 is 28.8 Å². The molecule has 2 aromatic rings. The number of carbonyl (C=O) groups is 3. The van der Waals surface area contributed by atoms with E-state index in [9.17, 15) is 27.6 Å². The van der Waals surface area contributed by atoms with Gasteiger partial charge in [0, 0.05) is 29.6 Å². The highest BCUT2D eigenvalue weighted by atomic mass is 32.2. The van der Waals surface area contributed by atoms with Crippen LogP contribution in [0.1, 0.15) is 18.9 Å². The molecule has 0 bridgehead atoms. The van der Waals surface area contributed by atoms with E-state index in [4.69, 9.17) is 0 Å².